The molecule has 17 heavy (non-hydrogen) atoms. The van der Waals surface area contributed by atoms with Crippen LogP contribution in [0.2, 0.25) is 0 Å². The Balaban J connectivity index is 0.000000686. The lowest BCUT2D eigenvalue weighted by Crippen LogP contribution is -2.22. The molecule has 1 aliphatic rings. The molecule has 1 heteroatoms. The molecule has 1 aromatic rings. The van der Waals surface area contributed by atoms with E-state index in [9.17, 15) is 4.79 Å². The summed E-state index contributed by atoms with van der Waals surface area (Å²) in [7, 11) is 0. The minimum absolute atomic E-state index is 0.0510. The number of rotatable bonds is 0. The van der Waals surface area contributed by atoms with Gasteiger partial charge >= 0.3 is 0 Å². The van der Waals surface area contributed by atoms with Crippen molar-refractivity contribution in [3.05, 3.63) is 41.0 Å². The van der Waals surface area contributed by atoms with E-state index < -0.39 is 0 Å². The monoisotopic (exact) mass is 230 g/mol. The fourth-order valence-corrected chi connectivity index (χ4v) is 1.97. The van der Waals surface area contributed by atoms with Crippen molar-refractivity contribution in [1.82, 2.24) is 0 Å². The molecular formula is C16H22O. The molecule has 0 aliphatic heterocycles. The smallest absolute Gasteiger partial charge is 0.163 e. The lowest BCUT2D eigenvalue weighted by molar-refractivity contribution is -0.115. The Labute approximate surface area is 105 Å². The highest BCUT2D eigenvalue weighted by Crippen LogP contribution is 2.32. The zero-order valence-corrected chi connectivity index (χ0v) is 11.5. The van der Waals surface area contributed by atoms with Crippen LogP contribution in [0.5, 0.6) is 0 Å². The quantitative estimate of drug-likeness (QED) is 0.650. The average molecular weight is 230 g/mol. The van der Waals surface area contributed by atoms with Crippen molar-refractivity contribution in [3.8, 4) is 0 Å². The van der Waals surface area contributed by atoms with Crippen molar-refractivity contribution in [2.75, 3.05) is 0 Å². The molecule has 0 saturated carbocycles. The van der Waals surface area contributed by atoms with Crippen LogP contribution in [0.3, 0.4) is 0 Å². The second-order valence-electron chi connectivity index (χ2n) is 5.11. The maximum atomic E-state index is 11.9. The molecule has 1 nitrogen and oxygen atoms in total. The number of benzene rings is 1. The van der Waals surface area contributed by atoms with E-state index in [0.29, 0.717) is 6.42 Å². The van der Waals surface area contributed by atoms with Gasteiger partial charge < -0.3 is 0 Å². The normalized spacial score (nSPS) is 14.4. The molecule has 0 fully saturated rings. The van der Waals surface area contributed by atoms with E-state index in [-0.39, 0.29) is 11.2 Å². The average Bonchev–Trinajstić information content (AvgIpc) is 2.29. The molecule has 1 aliphatic carbocycles. The summed E-state index contributed by atoms with van der Waals surface area (Å²) in [6.45, 7) is 10.3. The number of hydrogen-bond acceptors (Lipinski definition) is 1. The van der Waals surface area contributed by atoms with Crippen molar-refractivity contribution in [1.29, 1.82) is 0 Å². The van der Waals surface area contributed by atoms with E-state index in [2.05, 4.69) is 26.8 Å². The van der Waals surface area contributed by atoms with Gasteiger partial charge in [-0.1, -0.05) is 58.9 Å². The number of Topliss-reactive ketones (excluding diaryl/α,β-unsaturated/α-hetero) is 1. The van der Waals surface area contributed by atoms with Gasteiger partial charge in [0, 0.05) is 12.0 Å². The van der Waals surface area contributed by atoms with Crippen molar-refractivity contribution in [2.45, 2.75) is 41.0 Å². The Bertz CT molecular complexity index is 433. The minimum Gasteiger partial charge on any atom is -0.294 e. The predicted octanol–water partition coefficient (Wildman–Crippen LogP) is 4.27. The fourth-order valence-electron chi connectivity index (χ4n) is 1.97. The Morgan fingerprint density at radius 3 is 2.24 bits per heavy atom. The largest absolute Gasteiger partial charge is 0.294 e. The standard InChI is InChI=1S/C14H16O.C2H6/c1-14(2,3)12-8-10-6-4-5-7-11(10)9-13(12)15;1-2/h4-8H,9H2,1-3H3;1-2H3. The van der Waals surface area contributed by atoms with Gasteiger partial charge in [0.15, 0.2) is 5.78 Å². The second-order valence-corrected chi connectivity index (χ2v) is 5.11. The lowest BCUT2D eigenvalue weighted by atomic mass is 9.78. The van der Waals surface area contributed by atoms with Crippen molar-refractivity contribution in [2.24, 2.45) is 5.41 Å². The van der Waals surface area contributed by atoms with E-state index >= 15 is 0 Å². The summed E-state index contributed by atoms with van der Waals surface area (Å²) in [5, 5.41) is 0. The summed E-state index contributed by atoms with van der Waals surface area (Å²) in [5.41, 5.74) is 3.24. The first-order valence-electron chi connectivity index (χ1n) is 6.32. The summed E-state index contributed by atoms with van der Waals surface area (Å²) in [5.74, 6) is 0.265. The van der Waals surface area contributed by atoms with Gasteiger partial charge in [0.05, 0.1) is 0 Å². The first-order valence-corrected chi connectivity index (χ1v) is 6.32. The van der Waals surface area contributed by atoms with E-state index in [1.165, 1.54) is 5.56 Å². The Kier molecular flexibility index (Phi) is 4.28. The first kappa shape index (κ1) is 13.7. The summed E-state index contributed by atoms with van der Waals surface area (Å²) in [6.07, 6.45) is 2.60. The predicted molar refractivity (Wildman–Crippen MR) is 73.9 cm³/mol. The molecule has 0 aromatic heterocycles. The number of ketones is 1. The number of carbonyl (C=O) groups excluding carboxylic acids is 1. The van der Waals surface area contributed by atoms with E-state index in [4.69, 9.17) is 0 Å². The molecule has 0 heterocycles. The summed E-state index contributed by atoms with van der Waals surface area (Å²) in [4.78, 5) is 11.9. The summed E-state index contributed by atoms with van der Waals surface area (Å²) in [6, 6.07) is 8.12. The first-order chi connectivity index (χ1) is 7.98. The van der Waals surface area contributed by atoms with Crippen LogP contribution in [0.25, 0.3) is 6.08 Å². The van der Waals surface area contributed by atoms with Gasteiger partial charge in [0.1, 0.15) is 0 Å². The number of allylic oxidation sites excluding steroid dienone is 1. The molecular weight excluding hydrogens is 208 g/mol. The maximum Gasteiger partial charge on any atom is 0.163 e. The third-order valence-corrected chi connectivity index (χ3v) is 2.81. The molecule has 0 atom stereocenters. The molecule has 92 valence electrons. The minimum atomic E-state index is -0.0510. The van der Waals surface area contributed by atoms with Crippen molar-refractivity contribution >= 4 is 11.9 Å². The highest BCUT2D eigenvalue weighted by atomic mass is 16.1. The van der Waals surface area contributed by atoms with Crippen LogP contribution < -0.4 is 0 Å². The lowest BCUT2D eigenvalue weighted by Gasteiger charge is -2.25. The SMILES string of the molecule is CC.CC(C)(C)C1=Cc2ccccc2CC1=O. The van der Waals surface area contributed by atoms with Gasteiger partial charge in [0.25, 0.3) is 0 Å². The Morgan fingerprint density at radius 2 is 1.65 bits per heavy atom. The third-order valence-electron chi connectivity index (χ3n) is 2.81. The molecule has 0 spiro atoms. The number of hydrogen-bond donors (Lipinski definition) is 0. The van der Waals surface area contributed by atoms with E-state index in [1.54, 1.807) is 0 Å². The van der Waals surface area contributed by atoms with Gasteiger partial charge in [-0.15, -0.1) is 0 Å². The Hall–Kier alpha value is -1.37. The molecule has 0 bridgehead atoms. The molecule has 0 radical (unpaired) electrons. The van der Waals surface area contributed by atoms with Crippen LogP contribution in [-0.4, -0.2) is 5.78 Å². The van der Waals surface area contributed by atoms with Crippen LogP contribution in [0.15, 0.2) is 29.8 Å². The van der Waals surface area contributed by atoms with Gasteiger partial charge in [0.2, 0.25) is 0 Å². The van der Waals surface area contributed by atoms with Crippen LogP contribution in [0.4, 0.5) is 0 Å². The number of carbonyl (C=O) groups is 1. The zero-order chi connectivity index (χ0) is 13.1. The molecule has 0 amide bonds. The maximum absolute atomic E-state index is 11.9. The van der Waals surface area contributed by atoms with Crippen LogP contribution in [0, 0.1) is 5.41 Å². The molecule has 2 rings (SSSR count). The van der Waals surface area contributed by atoms with Crippen LogP contribution in [0.1, 0.15) is 45.7 Å². The molecule has 0 N–H and O–H groups in total. The molecule has 1 aromatic carbocycles. The zero-order valence-electron chi connectivity index (χ0n) is 11.5. The summed E-state index contributed by atoms with van der Waals surface area (Å²) >= 11 is 0. The highest BCUT2D eigenvalue weighted by molar-refractivity contribution is 6.04. The second kappa shape index (κ2) is 5.31. The van der Waals surface area contributed by atoms with Crippen molar-refractivity contribution < 1.29 is 4.79 Å². The molecule has 0 saturated heterocycles. The van der Waals surface area contributed by atoms with Gasteiger partial charge in [-0.3, -0.25) is 4.79 Å². The van der Waals surface area contributed by atoms with Crippen LogP contribution in [-0.2, 0) is 11.2 Å². The van der Waals surface area contributed by atoms with Crippen LogP contribution >= 0.6 is 0 Å². The number of fused-ring (bicyclic) bond motifs is 1. The van der Waals surface area contributed by atoms with Crippen molar-refractivity contribution in [3.63, 3.8) is 0 Å². The highest BCUT2D eigenvalue weighted by Gasteiger charge is 2.27. The Morgan fingerprint density at radius 1 is 1.06 bits per heavy atom. The van der Waals surface area contributed by atoms with E-state index in [1.807, 2.05) is 38.1 Å². The fraction of sp³-hybridized carbons (Fsp3) is 0.438. The van der Waals surface area contributed by atoms with Gasteiger partial charge in [-0.2, -0.15) is 0 Å². The summed E-state index contributed by atoms with van der Waals surface area (Å²) < 4.78 is 0. The molecule has 0 unspecified atom stereocenters. The topological polar surface area (TPSA) is 17.1 Å². The van der Waals surface area contributed by atoms with Gasteiger partial charge in [-0.25, -0.2) is 0 Å². The van der Waals surface area contributed by atoms with E-state index in [0.717, 1.165) is 11.1 Å². The third kappa shape index (κ3) is 3.06. The van der Waals surface area contributed by atoms with Gasteiger partial charge in [-0.05, 0) is 22.6 Å².